The summed E-state index contributed by atoms with van der Waals surface area (Å²) in [6, 6.07) is 8.59. The fourth-order valence-corrected chi connectivity index (χ4v) is 4.55. The summed E-state index contributed by atoms with van der Waals surface area (Å²) in [6.07, 6.45) is 3.42. The Labute approximate surface area is 183 Å². The van der Waals surface area contributed by atoms with Gasteiger partial charge in [0.1, 0.15) is 11.6 Å². The maximum Gasteiger partial charge on any atom is 0.303 e. The fourth-order valence-electron chi connectivity index (χ4n) is 3.13. The Kier molecular flexibility index (Phi) is 9.03. The number of carboxylic acid groups (broad SMARTS) is 1. The number of aryl methyl sites for hydroxylation is 1. The first-order chi connectivity index (χ1) is 14.7. The molecule has 9 nitrogen and oxygen atoms in total. The number of rotatable bonds is 10. The van der Waals surface area contributed by atoms with E-state index in [9.17, 15) is 23.3 Å². The lowest BCUT2D eigenvalue weighted by Crippen LogP contribution is -2.47. The van der Waals surface area contributed by atoms with E-state index in [4.69, 9.17) is 5.11 Å². The number of piperazine rings is 1. The van der Waals surface area contributed by atoms with Gasteiger partial charge in [-0.2, -0.15) is 9.57 Å². The normalized spacial score (nSPS) is 15.4. The van der Waals surface area contributed by atoms with Crippen molar-refractivity contribution in [3.63, 3.8) is 0 Å². The van der Waals surface area contributed by atoms with E-state index in [1.54, 1.807) is 29.2 Å². The largest absolute Gasteiger partial charge is 0.481 e. The van der Waals surface area contributed by atoms with Crippen LogP contribution in [0.15, 0.2) is 40.9 Å². The number of amides is 1. The Morgan fingerprint density at radius 2 is 1.77 bits per heavy atom. The Bertz CT molecular complexity index is 943. The molecule has 1 heterocycles. The molecule has 0 saturated carbocycles. The second-order valence-electron chi connectivity index (χ2n) is 7.37. The van der Waals surface area contributed by atoms with Gasteiger partial charge in [-0.05, 0) is 31.9 Å². The van der Waals surface area contributed by atoms with E-state index >= 15 is 0 Å². The number of nitriles is 1. The van der Waals surface area contributed by atoms with E-state index in [0.717, 1.165) is 5.56 Å². The van der Waals surface area contributed by atoms with Crippen molar-refractivity contribution in [2.24, 2.45) is 0 Å². The molecule has 31 heavy (non-hydrogen) atoms. The predicted molar refractivity (Wildman–Crippen MR) is 114 cm³/mol. The molecule has 1 amide bonds. The number of unbranched alkanes of at least 4 members (excludes halogenated alkanes) is 2. The fraction of sp³-hybridized carbons (Fsp3) is 0.476. The van der Waals surface area contributed by atoms with Crippen molar-refractivity contribution >= 4 is 21.9 Å². The molecule has 10 heteroatoms. The lowest BCUT2D eigenvalue weighted by Gasteiger charge is -2.33. The van der Waals surface area contributed by atoms with Gasteiger partial charge in [0, 0.05) is 45.3 Å². The van der Waals surface area contributed by atoms with E-state index in [2.05, 4.69) is 5.32 Å². The quantitative estimate of drug-likeness (QED) is 0.315. The average molecular weight is 449 g/mol. The van der Waals surface area contributed by atoms with Gasteiger partial charge in [0.05, 0.1) is 4.90 Å². The van der Waals surface area contributed by atoms with Crippen LogP contribution in [-0.2, 0) is 19.6 Å². The molecule has 0 aliphatic carbocycles. The van der Waals surface area contributed by atoms with E-state index in [1.807, 2.05) is 13.0 Å². The maximum absolute atomic E-state index is 12.8. The highest BCUT2D eigenvalue weighted by molar-refractivity contribution is 7.89. The molecule has 2 N–H and O–H groups in total. The third-order valence-electron chi connectivity index (χ3n) is 4.96. The van der Waals surface area contributed by atoms with Crippen LogP contribution in [0.1, 0.15) is 31.2 Å². The van der Waals surface area contributed by atoms with Crippen molar-refractivity contribution in [1.29, 1.82) is 5.26 Å². The van der Waals surface area contributed by atoms with Gasteiger partial charge in [-0.1, -0.05) is 24.1 Å². The van der Waals surface area contributed by atoms with Crippen LogP contribution in [-0.4, -0.2) is 67.3 Å². The molecule has 1 saturated heterocycles. The summed E-state index contributed by atoms with van der Waals surface area (Å²) in [4.78, 5) is 24.7. The molecule has 168 valence electrons. The van der Waals surface area contributed by atoms with Gasteiger partial charge in [0.25, 0.3) is 5.91 Å². The lowest BCUT2D eigenvalue weighted by atomic mass is 10.2. The molecule has 0 unspecified atom stereocenters. The Balaban J connectivity index is 1.85. The maximum atomic E-state index is 12.8. The third-order valence-corrected chi connectivity index (χ3v) is 6.87. The van der Waals surface area contributed by atoms with E-state index < -0.39 is 21.9 Å². The van der Waals surface area contributed by atoms with Crippen LogP contribution < -0.4 is 5.32 Å². The average Bonchev–Trinajstić information content (AvgIpc) is 2.74. The highest BCUT2D eigenvalue weighted by Crippen LogP contribution is 2.18. The lowest BCUT2D eigenvalue weighted by molar-refractivity contribution is -0.137. The van der Waals surface area contributed by atoms with Gasteiger partial charge in [0.2, 0.25) is 10.0 Å². The second-order valence-corrected chi connectivity index (χ2v) is 9.31. The smallest absolute Gasteiger partial charge is 0.303 e. The van der Waals surface area contributed by atoms with E-state index in [-0.39, 0.29) is 30.0 Å². The minimum atomic E-state index is -3.57. The minimum Gasteiger partial charge on any atom is -0.481 e. The van der Waals surface area contributed by atoms with Crippen LogP contribution >= 0.6 is 0 Å². The number of carbonyl (C=O) groups excluding carboxylic acids is 1. The SMILES string of the molecule is Cc1ccc(S(=O)(=O)N2CCN(/C=C(/C#N)C(=O)NCCCCCC(=O)O)CC2)cc1. The van der Waals surface area contributed by atoms with Crippen LogP contribution in [0.4, 0.5) is 0 Å². The van der Waals surface area contributed by atoms with Crippen LogP contribution in [0.2, 0.25) is 0 Å². The van der Waals surface area contributed by atoms with Crippen molar-refractivity contribution in [2.45, 2.75) is 37.5 Å². The summed E-state index contributed by atoms with van der Waals surface area (Å²) in [5, 5.41) is 20.6. The molecule has 1 aromatic rings. The van der Waals surface area contributed by atoms with Crippen LogP contribution in [0.25, 0.3) is 0 Å². The van der Waals surface area contributed by atoms with Crippen molar-refractivity contribution in [1.82, 2.24) is 14.5 Å². The zero-order valence-electron chi connectivity index (χ0n) is 17.6. The monoisotopic (exact) mass is 448 g/mol. The van der Waals surface area contributed by atoms with Crippen molar-refractivity contribution < 1.29 is 23.1 Å². The van der Waals surface area contributed by atoms with Crippen LogP contribution in [0.5, 0.6) is 0 Å². The first-order valence-corrected chi connectivity index (χ1v) is 11.6. The highest BCUT2D eigenvalue weighted by atomic mass is 32.2. The molecule has 1 aliphatic rings. The molecule has 0 bridgehead atoms. The zero-order chi connectivity index (χ0) is 22.9. The van der Waals surface area contributed by atoms with Crippen molar-refractivity contribution in [3.8, 4) is 6.07 Å². The number of nitrogens with one attached hydrogen (secondary N) is 1. The number of nitrogens with zero attached hydrogens (tertiary/aromatic N) is 3. The zero-order valence-corrected chi connectivity index (χ0v) is 18.4. The predicted octanol–water partition coefficient (Wildman–Crippen LogP) is 1.47. The molecule has 1 fully saturated rings. The summed E-state index contributed by atoms with van der Waals surface area (Å²) in [7, 11) is -3.57. The molecule has 1 aromatic carbocycles. The molecular formula is C21H28N4O5S. The Morgan fingerprint density at radius 3 is 2.35 bits per heavy atom. The van der Waals surface area contributed by atoms with Crippen molar-refractivity contribution in [2.75, 3.05) is 32.7 Å². The summed E-state index contributed by atoms with van der Waals surface area (Å²) in [5.74, 6) is -1.33. The summed E-state index contributed by atoms with van der Waals surface area (Å²) in [5.41, 5.74) is 0.942. The summed E-state index contributed by atoms with van der Waals surface area (Å²) in [6.45, 7) is 3.52. The molecular weight excluding hydrogens is 420 g/mol. The third kappa shape index (κ3) is 7.38. The minimum absolute atomic E-state index is 0.0413. The number of benzene rings is 1. The number of aliphatic carboxylic acids is 1. The van der Waals surface area contributed by atoms with Crippen LogP contribution in [0.3, 0.4) is 0 Å². The number of carboxylic acids is 1. The van der Waals surface area contributed by atoms with Gasteiger partial charge in [-0.15, -0.1) is 0 Å². The van der Waals surface area contributed by atoms with Gasteiger partial charge in [0.15, 0.2) is 0 Å². The molecule has 0 aromatic heterocycles. The number of hydrogen-bond acceptors (Lipinski definition) is 6. The Morgan fingerprint density at radius 1 is 1.13 bits per heavy atom. The first kappa shape index (κ1) is 24.4. The van der Waals surface area contributed by atoms with Gasteiger partial charge < -0.3 is 15.3 Å². The van der Waals surface area contributed by atoms with Crippen molar-refractivity contribution in [3.05, 3.63) is 41.6 Å². The molecule has 0 radical (unpaired) electrons. The van der Waals surface area contributed by atoms with E-state index in [1.165, 1.54) is 10.5 Å². The number of hydrogen-bond donors (Lipinski definition) is 2. The molecule has 0 atom stereocenters. The highest BCUT2D eigenvalue weighted by Gasteiger charge is 2.28. The topological polar surface area (TPSA) is 131 Å². The van der Waals surface area contributed by atoms with Gasteiger partial charge in [-0.3, -0.25) is 9.59 Å². The number of sulfonamides is 1. The van der Waals surface area contributed by atoms with E-state index in [0.29, 0.717) is 38.9 Å². The summed E-state index contributed by atoms with van der Waals surface area (Å²) >= 11 is 0. The molecule has 0 spiro atoms. The molecule has 1 aliphatic heterocycles. The Hall–Kier alpha value is -2.90. The number of carbonyl (C=O) groups is 2. The first-order valence-electron chi connectivity index (χ1n) is 10.2. The standard InChI is InChI=1S/C21H28N4O5S/c1-17-6-8-19(9-7-17)31(29,30)25-13-11-24(12-14-25)16-18(15-22)21(28)23-10-4-2-3-5-20(26)27/h6-9,16H,2-5,10-14H2,1H3,(H,23,28)(H,26,27)/b18-16-. The molecule has 2 rings (SSSR count). The second kappa shape index (κ2) is 11.5. The van der Waals surface area contributed by atoms with Crippen LogP contribution in [0, 0.1) is 18.3 Å². The van der Waals surface area contributed by atoms with Gasteiger partial charge in [-0.25, -0.2) is 8.42 Å². The summed E-state index contributed by atoms with van der Waals surface area (Å²) < 4.78 is 26.9. The van der Waals surface area contributed by atoms with Gasteiger partial charge >= 0.3 is 5.97 Å².